The molecule has 1 spiro atoms. The monoisotopic (exact) mass is 380 g/mol. The number of furan rings is 1. The average molecular weight is 380 g/mol. The Morgan fingerprint density at radius 3 is 2.64 bits per heavy atom. The van der Waals surface area contributed by atoms with Gasteiger partial charge in [-0.2, -0.15) is 0 Å². The lowest BCUT2D eigenvalue weighted by molar-refractivity contribution is -0.126. The zero-order chi connectivity index (χ0) is 19.4. The number of hydrogen-bond acceptors (Lipinski definition) is 4. The van der Waals surface area contributed by atoms with Crippen LogP contribution in [0.15, 0.2) is 53.1 Å². The Balaban J connectivity index is 1.30. The molecule has 1 unspecified atom stereocenters. The maximum Gasteiger partial charge on any atom is 0.298 e. The van der Waals surface area contributed by atoms with Crippen LogP contribution in [0.1, 0.15) is 41.8 Å². The largest absolute Gasteiger partial charge is 0.461 e. The van der Waals surface area contributed by atoms with Crippen LogP contribution < -0.4 is 0 Å². The van der Waals surface area contributed by atoms with Gasteiger partial charge in [-0.15, -0.1) is 0 Å². The van der Waals surface area contributed by atoms with E-state index >= 15 is 0 Å². The number of nitrogens with zero attached hydrogens (tertiary/aromatic N) is 2. The van der Waals surface area contributed by atoms with E-state index in [9.17, 15) is 9.59 Å². The van der Waals surface area contributed by atoms with Gasteiger partial charge in [-0.3, -0.25) is 9.59 Å². The minimum absolute atomic E-state index is 0.136. The molecular formula is C23H28N2O3. The molecule has 1 aromatic carbocycles. The van der Waals surface area contributed by atoms with E-state index in [1.54, 1.807) is 17.0 Å². The smallest absolute Gasteiger partial charge is 0.298 e. The van der Waals surface area contributed by atoms with Crippen molar-refractivity contribution in [3.05, 3.63) is 60.1 Å². The lowest BCUT2D eigenvalue weighted by Gasteiger charge is -2.40. The van der Waals surface area contributed by atoms with Crippen molar-refractivity contribution >= 4 is 11.7 Å². The van der Waals surface area contributed by atoms with Crippen LogP contribution in [0.3, 0.4) is 0 Å². The van der Waals surface area contributed by atoms with Gasteiger partial charge >= 0.3 is 0 Å². The van der Waals surface area contributed by atoms with E-state index in [1.165, 1.54) is 18.2 Å². The van der Waals surface area contributed by atoms with Crippen LogP contribution in [0.4, 0.5) is 0 Å². The fraction of sp³-hybridized carbons (Fsp3) is 0.478. The van der Waals surface area contributed by atoms with E-state index in [2.05, 4.69) is 35.2 Å². The predicted octanol–water partition coefficient (Wildman–Crippen LogP) is 3.41. The highest BCUT2D eigenvalue weighted by Gasteiger charge is 2.44. The molecule has 2 saturated heterocycles. The Hall–Kier alpha value is -2.40. The van der Waals surface area contributed by atoms with Crippen LogP contribution in [0.5, 0.6) is 0 Å². The molecule has 4 rings (SSSR count). The quantitative estimate of drug-likeness (QED) is 0.569. The highest BCUT2D eigenvalue weighted by molar-refractivity contribution is 6.41. The minimum atomic E-state index is -0.530. The third-order valence-electron chi connectivity index (χ3n) is 6.19. The van der Waals surface area contributed by atoms with Gasteiger partial charge < -0.3 is 14.2 Å². The number of hydrogen-bond donors (Lipinski definition) is 0. The standard InChI is InChI=1S/C23H28N2O3/c26-21(20-10-5-16-28-20)22(27)25-15-12-23(18-25)11-6-14-24(17-23)13-4-9-19-7-2-1-3-8-19/h1-3,5,7-8,10,16H,4,6,9,11-15,17-18H2. The summed E-state index contributed by atoms with van der Waals surface area (Å²) in [6.07, 6.45) is 6.98. The number of benzene rings is 1. The van der Waals surface area contributed by atoms with E-state index < -0.39 is 11.7 Å². The van der Waals surface area contributed by atoms with Crippen molar-refractivity contribution in [2.75, 3.05) is 32.7 Å². The Labute approximate surface area is 166 Å². The molecule has 148 valence electrons. The Bertz CT molecular complexity index is 803. The highest BCUT2D eigenvalue weighted by Crippen LogP contribution is 2.39. The van der Waals surface area contributed by atoms with Crippen molar-refractivity contribution in [1.29, 1.82) is 0 Å². The van der Waals surface area contributed by atoms with Gasteiger partial charge in [0, 0.05) is 25.0 Å². The molecule has 2 aliphatic rings. The third kappa shape index (κ3) is 4.20. The molecular weight excluding hydrogens is 352 g/mol. The van der Waals surface area contributed by atoms with E-state index in [-0.39, 0.29) is 11.2 Å². The van der Waals surface area contributed by atoms with Crippen molar-refractivity contribution in [3.8, 4) is 0 Å². The molecule has 5 nitrogen and oxygen atoms in total. The van der Waals surface area contributed by atoms with Crippen LogP contribution in [0.25, 0.3) is 0 Å². The van der Waals surface area contributed by atoms with Crippen LogP contribution in [0.2, 0.25) is 0 Å². The second-order valence-electron chi connectivity index (χ2n) is 8.25. The van der Waals surface area contributed by atoms with Gasteiger partial charge in [0.1, 0.15) is 0 Å². The Morgan fingerprint density at radius 1 is 1.00 bits per heavy atom. The lowest BCUT2D eigenvalue weighted by atomic mass is 9.79. The molecule has 2 aliphatic heterocycles. The van der Waals surface area contributed by atoms with Gasteiger partial charge in [-0.25, -0.2) is 0 Å². The second-order valence-corrected chi connectivity index (χ2v) is 8.25. The summed E-state index contributed by atoms with van der Waals surface area (Å²) in [6.45, 7) is 4.61. The van der Waals surface area contributed by atoms with Crippen molar-refractivity contribution in [2.24, 2.45) is 5.41 Å². The Kier molecular flexibility index (Phi) is 5.62. The number of Topliss-reactive ketones (excluding diaryl/α,β-unsaturated/α-hetero) is 1. The summed E-state index contributed by atoms with van der Waals surface area (Å²) in [6, 6.07) is 13.8. The first-order chi connectivity index (χ1) is 13.7. The van der Waals surface area contributed by atoms with E-state index in [1.807, 2.05) is 0 Å². The summed E-state index contributed by atoms with van der Waals surface area (Å²) in [4.78, 5) is 29.2. The van der Waals surface area contributed by atoms with Gasteiger partial charge in [-0.1, -0.05) is 30.3 Å². The first kappa shape index (κ1) is 18.9. The van der Waals surface area contributed by atoms with Crippen molar-refractivity contribution in [2.45, 2.75) is 32.1 Å². The molecule has 3 heterocycles. The first-order valence-electron chi connectivity index (χ1n) is 10.3. The molecule has 0 saturated carbocycles. The highest BCUT2D eigenvalue weighted by atomic mass is 16.3. The number of carbonyl (C=O) groups is 2. The summed E-state index contributed by atoms with van der Waals surface area (Å²) >= 11 is 0. The number of amides is 1. The van der Waals surface area contributed by atoms with Gasteiger partial charge in [0.25, 0.3) is 11.7 Å². The topological polar surface area (TPSA) is 53.8 Å². The average Bonchev–Trinajstić information content (AvgIpc) is 3.39. The zero-order valence-corrected chi connectivity index (χ0v) is 16.3. The van der Waals surface area contributed by atoms with Gasteiger partial charge in [-0.05, 0) is 62.9 Å². The normalized spacial score (nSPS) is 22.6. The molecule has 2 aromatic rings. The third-order valence-corrected chi connectivity index (χ3v) is 6.19. The molecule has 0 aliphatic carbocycles. The fourth-order valence-electron chi connectivity index (χ4n) is 4.75. The molecule has 0 radical (unpaired) electrons. The van der Waals surface area contributed by atoms with Crippen LogP contribution in [-0.2, 0) is 11.2 Å². The van der Waals surface area contributed by atoms with Crippen LogP contribution in [-0.4, -0.2) is 54.2 Å². The molecule has 0 N–H and O–H groups in total. The lowest BCUT2D eigenvalue weighted by Crippen LogP contribution is -2.46. The van der Waals surface area contributed by atoms with Gasteiger partial charge in [0.2, 0.25) is 0 Å². The predicted molar refractivity (Wildman–Crippen MR) is 107 cm³/mol. The van der Waals surface area contributed by atoms with Crippen LogP contribution in [0, 0.1) is 5.41 Å². The molecule has 1 aromatic heterocycles. The zero-order valence-electron chi connectivity index (χ0n) is 16.3. The van der Waals surface area contributed by atoms with Crippen LogP contribution >= 0.6 is 0 Å². The van der Waals surface area contributed by atoms with E-state index in [0.29, 0.717) is 13.1 Å². The summed E-state index contributed by atoms with van der Waals surface area (Å²) < 4.78 is 5.11. The SMILES string of the molecule is O=C(C(=O)N1CCC2(CCCN(CCCc3ccccc3)C2)C1)c1ccco1. The maximum atomic E-state index is 12.6. The molecule has 2 fully saturated rings. The number of aryl methyl sites for hydroxylation is 1. The molecule has 0 bridgehead atoms. The fourth-order valence-corrected chi connectivity index (χ4v) is 4.75. The van der Waals surface area contributed by atoms with Crippen molar-refractivity contribution in [1.82, 2.24) is 9.80 Å². The summed E-state index contributed by atoms with van der Waals surface area (Å²) in [7, 11) is 0. The maximum absolute atomic E-state index is 12.6. The molecule has 1 amide bonds. The number of likely N-dealkylation sites (tertiary alicyclic amines) is 2. The molecule has 28 heavy (non-hydrogen) atoms. The van der Waals surface area contributed by atoms with E-state index in [0.717, 1.165) is 45.3 Å². The molecule has 1 atom stereocenters. The minimum Gasteiger partial charge on any atom is -0.461 e. The molecule has 5 heteroatoms. The van der Waals surface area contributed by atoms with Gasteiger partial charge in [0.15, 0.2) is 5.76 Å². The summed E-state index contributed by atoms with van der Waals surface area (Å²) in [5.41, 5.74) is 1.53. The van der Waals surface area contributed by atoms with E-state index in [4.69, 9.17) is 4.42 Å². The van der Waals surface area contributed by atoms with Crippen molar-refractivity contribution < 1.29 is 14.0 Å². The first-order valence-corrected chi connectivity index (χ1v) is 10.3. The summed E-state index contributed by atoms with van der Waals surface area (Å²) in [5, 5.41) is 0. The van der Waals surface area contributed by atoms with Gasteiger partial charge in [0.05, 0.1) is 6.26 Å². The summed E-state index contributed by atoms with van der Waals surface area (Å²) in [5.74, 6) is -0.817. The van der Waals surface area contributed by atoms with Crippen molar-refractivity contribution in [3.63, 3.8) is 0 Å². The Morgan fingerprint density at radius 2 is 1.86 bits per heavy atom. The number of rotatable bonds is 6. The number of piperidine rings is 1. The number of carbonyl (C=O) groups excluding carboxylic acids is 2. The second kappa shape index (κ2) is 8.31. The number of ketones is 1.